The van der Waals surface area contributed by atoms with Gasteiger partial charge in [0.2, 0.25) is 17.7 Å². The summed E-state index contributed by atoms with van der Waals surface area (Å²) in [5, 5.41) is 8.44. The summed E-state index contributed by atoms with van der Waals surface area (Å²) in [6.45, 7) is 15.2. The molecule has 1 unspecified atom stereocenters. The number of hydrogen-bond acceptors (Lipinski definition) is 15. The summed E-state index contributed by atoms with van der Waals surface area (Å²) in [6.07, 6.45) is 10.7. The minimum atomic E-state index is -0.633. The summed E-state index contributed by atoms with van der Waals surface area (Å²) >= 11 is 0. The van der Waals surface area contributed by atoms with E-state index in [1.165, 1.54) is 6.92 Å². The maximum Gasteiger partial charge on any atom is 0.309 e. The van der Waals surface area contributed by atoms with Crippen LogP contribution in [0.15, 0.2) is 66.1 Å². The number of amides is 6. The zero-order valence-electron chi connectivity index (χ0n) is 50.2. The number of rotatable bonds is 31. The van der Waals surface area contributed by atoms with Gasteiger partial charge in [-0.1, -0.05) is 26.0 Å². The van der Waals surface area contributed by atoms with Crippen molar-refractivity contribution in [2.75, 3.05) is 69.9 Å². The highest BCUT2D eigenvalue weighted by molar-refractivity contribution is 6.06. The average molecular weight is 1180 g/mol. The number of imide groups is 1. The zero-order valence-corrected chi connectivity index (χ0v) is 50.2. The van der Waals surface area contributed by atoms with Gasteiger partial charge in [-0.3, -0.25) is 57.8 Å². The standard InChI is InChI=1S/C38H53N5O11.C24H28N4O3/c1-25-19-34(47)43(37(25)50)12-9-30(45)8-6-13-52-16-17-53-15-10-31(46)18-26(2)38(51)54-14-7-11-39-35(48)33-22-29(24-42(33)5)40-36(49)32-21-28(20-27(3)44)23-41(32)4;1-15-8-19-12-25-21-11-22(16(2)9-20(21)24(30)28(19)13-15)31-7-5-6-23(29)26-18-10-17(3)27(4)14-18/h21-26H,6-20H2,1-5H3,(H,39,48)(H,40,49);9-12,14,19H,1,5-8,13H2,2-4H3,(H,26,29)/t25?,26-;19-/m11/s1. The minimum absolute atomic E-state index is 0.00649. The third kappa shape index (κ3) is 19.6. The van der Waals surface area contributed by atoms with Gasteiger partial charge in [-0.15, -0.1) is 0 Å². The molecular weight excluding hydrogens is 1090 g/mol. The van der Waals surface area contributed by atoms with E-state index in [1.807, 2.05) is 61.0 Å². The largest absolute Gasteiger partial charge is 0.493 e. The van der Waals surface area contributed by atoms with Crippen LogP contribution in [0.25, 0.3) is 0 Å². The molecule has 3 aliphatic heterocycles. The van der Waals surface area contributed by atoms with Crippen LogP contribution >= 0.6 is 0 Å². The van der Waals surface area contributed by atoms with Crippen LogP contribution in [0.1, 0.15) is 133 Å². The fraction of sp³-hybridized carbons (Fsp3) is 0.500. The van der Waals surface area contributed by atoms with Crippen LogP contribution in [-0.2, 0) is 75.3 Å². The summed E-state index contributed by atoms with van der Waals surface area (Å²) < 4.78 is 27.3. The lowest BCUT2D eigenvalue weighted by molar-refractivity contribution is -0.149. The molecule has 0 bridgehead atoms. The van der Waals surface area contributed by atoms with Crippen molar-refractivity contribution in [1.29, 1.82) is 0 Å². The monoisotopic (exact) mass is 1180 g/mol. The first-order chi connectivity index (χ1) is 40.5. The second-order valence-corrected chi connectivity index (χ2v) is 22.0. The van der Waals surface area contributed by atoms with Crippen LogP contribution in [0.4, 0.5) is 17.1 Å². The highest BCUT2D eigenvalue weighted by Crippen LogP contribution is 2.35. The number of ether oxygens (including phenoxy) is 4. The predicted molar refractivity (Wildman–Crippen MR) is 317 cm³/mol. The maximum absolute atomic E-state index is 13.0. The van der Waals surface area contributed by atoms with Crippen molar-refractivity contribution < 1.29 is 66.9 Å². The molecule has 85 heavy (non-hydrogen) atoms. The van der Waals surface area contributed by atoms with Gasteiger partial charge in [0.1, 0.15) is 34.5 Å². The number of hydrogen-bond donors (Lipinski definition) is 3. The maximum atomic E-state index is 13.0. The molecule has 2 saturated heterocycles. The smallest absolute Gasteiger partial charge is 0.309 e. The number of nitrogens with one attached hydrogen (secondary N) is 3. The third-order valence-electron chi connectivity index (χ3n) is 14.6. The van der Waals surface area contributed by atoms with Gasteiger partial charge in [0, 0.05) is 135 Å². The number of likely N-dealkylation sites (tertiary alicyclic amines) is 1. The number of benzene rings is 1. The zero-order chi connectivity index (χ0) is 61.9. The number of ketones is 3. The Bertz CT molecular complexity index is 3150. The quantitative estimate of drug-likeness (QED) is 0.0210. The van der Waals surface area contributed by atoms with E-state index in [1.54, 1.807) is 61.6 Å². The fourth-order valence-electron chi connectivity index (χ4n) is 9.82. The number of esters is 1. The van der Waals surface area contributed by atoms with Crippen LogP contribution in [-0.4, -0.2) is 154 Å². The topological polar surface area (TPSA) is 277 Å². The highest BCUT2D eigenvalue weighted by Gasteiger charge is 2.36. The Morgan fingerprint density at radius 3 is 2.14 bits per heavy atom. The van der Waals surface area contributed by atoms with Gasteiger partial charge in [0.05, 0.1) is 67.6 Å². The Morgan fingerprint density at radius 1 is 0.741 bits per heavy atom. The van der Waals surface area contributed by atoms with E-state index in [0.29, 0.717) is 92.5 Å². The lowest BCUT2D eigenvalue weighted by Crippen LogP contribution is -2.35. The number of aromatic nitrogens is 3. The van der Waals surface area contributed by atoms with Gasteiger partial charge >= 0.3 is 5.97 Å². The Balaban J connectivity index is 0.000000313. The van der Waals surface area contributed by atoms with Crippen LogP contribution < -0.4 is 20.7 Å². The first-order valence-electron chi connectivity index (χ1n) is 28.8. The molecule has 2 fully saturated rings. The molecule has 3 aliphatic rings. The lowest BCUT2D eigenvalue weighted by atomic mass is 10.0. The predicted octanol–water partition coefficient (Wildman–Crippen LogP) is 6.49. The normalized spacial score (nSPS) is 15.6. The molecule has 4 aromatic rings. The minimum Gasteiger partial charge on any atom is -0.493 e. The molecule has 3 atom stereocenters. The van der Waals surface area contributed by atoms with Gasteiger partial charge in [0.15, 0.2) is 0 Å². The summed E-state index contributed by atoms with van der Waals surface area (Å²) in [5.74, 6) is -2.20. The molecule has 0 spiro atoms. The summed E-state index contributed by atoms with van der Waals surface area (Å²) in [4.78, 5) is 130. The van der Waals surface area contributed by atoms with Crippen molar-refractivity contribution in [1.82, 2.24) is 28.8 Å². The van der Waals surface area contributed by atoms with Crippen molar-refractivity contribution in [3.8, 4) is 5.75 Å². The number of Topliss-reactive ketones (excluding diaryl/α,β-unsaturated/α-hetero) is 3. The number of aryl methyl sites for hydroxylation is 5. The summed E-state index contributed by atoms with van der Waals surface area (Å²) in [6, 6.07) is 8.79. The second-order valence-electron chi connectivity index (χ2n) is 22.0. The number of aliphatic imine (C=N–C) groups is 1. The molecule has 3 aromatic heterocycles. The van der Waals surface area contributed by atoms with E-state index in [2.05, 4.69) is 27.5 Å². The Kier molecular flexibility index (Phi) is 24.4. The van der Waals surface area contributed by atoms with Crippen molar-refractivity contribution in [3.63, 3.8) is 0 Å². The number of nitrogens with zero attached hydrogens (tertiary/aromatic N) is 6. The van der Waals surface area contributed by atoms with Gasteiger partial charge in [0.25, 0.3) is 17.7 Å². The van der Waals surface area contributed by atoms with Crippen molar-refractivity contribution in [2.24, 2.45) is 38.0 Å². The number of carbonyl (C=O) groups excluding carboxylic acids is 10. The van der Waals surface area contributed by atoms with E-state index in [4.69, 9.17) is 18.9 Å². The molecule has 6 heterocycles. The van der Waals surface area contributed by atoms with Crippen molar-refractivity contribution >= 4 is 82.0 Å². The molecular formula is C62H81N9O14. The highest BCUT2D eigenvalue weighted by atomic mass is 16.5. The third-order valence-corrected chi connectivity index (χ3v) is 14.6. The fourth-order valence-corrected chi connectivity index (χ4v) is 9.82. The molecule has 3 N–H and O–H groups in total. The molecule has 6 amide bonds. The molecule has 23 heteroatoms. The Labute approximate surface area is 495 Å². The molecule has 458 valence electrons. The van der Waals surface area contributed by atoms with E-state index in [9.17, 15) is 47.9 Å². The molecule has 1 aromatic carbocycles. The first-order valence-corrected chi connectivity index (χ1v) is 28.8. The van der Waals surface area contributed by atoms with E-state index >= 15 is 0 Å². The molecule has 0 radical (unpaired) electrons. The Hall–Kier alpha value is -8.31. The average Bonchev–Trinajstić information content (AvgIpc) is 2.73. The van der Waals surface area contributed by atoms with E-state index < -0.39 is 11.9 Å². The number of fused-ring (bicyclic) bond motifs is 2. The first kappa shape index (κ1) is 65.8. The molecule has 0 aliphatic carbocycles. The van der Waals surface area contributed by atoms with E-state index in [-0.39, 0.29) is 130 Å². The Morgan fingerprint density at radius 2 is 1.44 bits per heavy atom. The molecule has 0 saturated carbocycles. The van der Waals surface area contributed by atoms with Crippen LogP contribution in [0.3, 0.4) is 0 Å². The van der Waals surface area contributed by atoms with Crippen LogP contribution in [0.5, 0.6) is 5.75 Å². The van der Waals surface area contributed by atoms with Gasteiger partial charge in [-0.05, 0) is 81.8 Å². The number of carbonyl (C=O) groups is 10. The van der Waals surface area contributed by atoms with E-state index in [0.717, 1.165) is 39.4 Å². The SMILES string of the molecule is C=C1C[C@@H]2C=Nc3cc(OCCCC(=O)Nc4cc(C)n(C)c4)c(C)cc3C(=O)N2C1.CC(=O)Cc1cc(C(=O)Nc2cc(C(=O)NCCCOC(=O)[C@H](C)CC(=O)CCOCCOCCCC(=O)CCN3C(=O)CC(C)C3=O)n(C)c2)n(C)c1. The summed E-state index contributed by atoms with van der Waals surface area (Å²) in [7, 11) is 5.33. The second kappa shape index (κ2) is 31.5. The van der Waals surface area contributed by atoms with Gasteiger partial charge in [-0.2, -0.15) is 0 Å². The van der Waals surface area contributed by atoms with Crippen LogP contribution in [0, 0.1) is 25.7 Å². The molecule has 7 rings (SSSR count). The van der Waals surface area contributed by atoms with Gasteiger partial charge < -0.3 is 53.5 Å². The molecule has 23 nitrogen and oxygen atoms in total. The lowest BCUT2D eigenvalue weighted by Gasteiger charge is -2.20. The summed E-state index contributed by atoms with van der Waals surface area (Å²) in [5.41, 5.74) is 6.90. The number of anilines is 2. The van der Waals surface area contributed by atoms with Crippen LogP contribution in [0.2, 0.25) is 0 Å². The van der Waals surface area contributed by atoms with Crippen molar-refractivity contribution in [3.05, 3.63) is 94.8 Å². The van der Waals surface area contributed by atoms with Gasteiger partial charge in [-0.25, -0.2) is 0 Å². The van der Waals surface area contributed by atoms with Crippen molar-refractivity contribution in [2.45, 2.75) is 111 Å².